The third-order valence-corrected chi connectivity index (χ3v) is 2.29. The maximum atomic E-state index is 9.88. The molecule has 5 heteroatoms. The number of benzene rings is 1. The Bertz CT molecular complexity index is 354. The molecule has 0 radical (unpaired) electrons. The second kappa shape index (κ2) is 5.58. The van der Waals surface area contributed by atoms with E-state index >= 15 is 0 Å². The van der Waals surface area contributed by atoms with Crippen molar-refractivity contribution in [3.05, 3.63) is 17.7 Å². The molecule has 3 N–H and O–H groups in total. The van der Waals surface area contributed by atoms with Crippen LogP contribution < -0.4 is 14.8 Å². The third kappa shape index (κ3) is 2.37. The van der Waals surface area contributed by atoms with E-state index in [2.05, 4.69) is 5.32 Å². The van der Waals surface area contributed by atoms with Gasteiger partial charge in [-0.25, -0.2) is 0 Å². The highest BCUT2D eigenvalue weighted by Crippen LogP contribution is 2.40. The van der Waals surface area contributed by atoms with E-state index in [9.17, 15) is 10.2 Å². The van der Waals surface area contributed by atoms with Crippen LogP contribution >= 0.6 is 0 Å². The highest BCUT2D eigenvalue weighted by Gasteiger charge is 2.20. The van der Waals surface area contributed by atoms with Gasteiger partial charge in [0.2, 0.25) is 0 Å². The molecule has 90 valence electrons. The van der Waals surface area contributed by atoms with Crippen LogP contribution in [0.2, 0.25) is 0 Å². The first-order valence-corrected chi connectivity index (χ1v) is 4.92. The maximum Gasteiger partial charge on any atom is 0.170 e. The molecule has 0 aromatic heterocycles. The average Bonchev–Trinajstić information content (AvgIpc) is 2.28. The lowest BCUT2D eigenvalue weighted by molar-refractivity contribution is 0.168. The van der Waals surface area contributed by atoms with Gasteiger partial charge in [0.25, 0.3) is 0 Å². The van der Waals surface area contributed by atoms with Gasteiger partial charge in [0.05, 0.1) is 25.9 Å². The number of ether oxygens (including phenoxy) is 2. The van der Waals surface area contributed by atoms with E-state index < -0.39 is 6.10 Å². The van der Waals surface area contributed by atoms with Crippen molar-refractivity contribution < 1.29 is 19.7 Å². The number of aromatic hydroxyl groups is 1. The van der Waals surface area contributed by atoms with Crippen molar-refractivity contribution in [2.45, 2.75) is 6.10 Å². The second-order valence-electron chi connectivity index (χ2n) is 3.31. The standard InChI is InChI=1S/C11H17NO4/c1-12-6-8(14)10-7(13)4-5-9(15-2)11(10)16-3/h4-5,8,12-14H,6H2,1-3H3. The molecule has 1 rings (SSSR count). The number of phenolic OH excluding ortho intramolecular Hbond substituents is 1. The van der Waals surface area contributed by atoms with Crippen LogP contribution in [0.15, 0.2) is 12.1 Å². The Morgan fingerprint density at radius 2 is 2.00 bits per heavy atom. The minimum absolute atomic E-state index is 0.0135. The summed E-state index contributed by atoms with van der Waals surface area (Å²) < 4.78 is 10.2. The Hall–Kier alpha value is -1.46. The van der Waals surface area contributed by atoms with Gasteiger partial charge in [0.15, 0.2) is 11.5 Å². The lowest BCUT2D eigenvalue weighted by Crippen LogP contribution is -2.17. The number of methoxy groups -OCH3 is 2. The molecule has 16 heavy (non-hydrogen) atoms. The molecule has 0 saturated carbocycles. The lowest BCUT2D eigenvalue weighted by Gasteiger charge is -2.18. The van der Waals surface area contributed by atoms with Gasteiger partial charge in [-0.15, -0.1) is 0 Å². The lowest BCUT2D eigenvalue weighted by atomic mass is 10.1. The molecule has 0 amide bonds. The molecular weight excluding hydrogens is 210 g/mol. The third-order valence-electron chi connectivity index (χ3n) is 2.29. The number of rotatable bonds is 5. The number of nitrogens with one attached hydrogen (secondary N) is 1. The molecule has 0 bridgehead atoms. The summed E-state index contributed by atoms with van der Waals surface area (Å²) in [5, 5.41) is 22.4. The van der Waals surface area contributed by atoms with Gasteiger partial charge in [0.1, 0.15) is 5.75 Å². The quantitative estimate of drug-likeness (QED) is 0.689. The van der Waals surface area contributed by atoms with Gasteiger partial charge >= 0.3 is 0 Å². The van der Waals surface area contributed by atoms with Crippen LogP contribution in [0.25, 0.3) is 0 Å². The topological polar surface area (TPSA) is 71.0 Å². The number of phenols is 1. The maximum absolute atomic E-state index is 9.88. The fourth-order valence-electron chi connectivity index (χ4n) is 1.56. The normalized spacial score (nSPS) is 12.2. The van der Waals surface area contributed by atoms with Crippen molar-refractivity contribution in [2.75, 3.05) is 27.8 Å². The molecule has 0 aliphatic heterocycles. The van der Waals surface area contributed by atoms with Crippen molar-refractivity contribution in [1.82, 2.24) is 5.32 Å². The molecule has 1 atom stereocenters. The van der Waals surface area contributed by atoms with Crippen LogP contribution in [-0.2, 0) is 0 Å². The Morgan fingerprint density at radius 3 is 2.50 bits per heavy atom. The molecule has 1 aromatic rings. The fourth-order valence-corrected chi connectivity index (χ4v) is 1.56. The summed E-state index contributed by atoms with van der Waals surface area (Å²) in [5.74, 6) is 0.816. The summed E-state index contributed by atoms with van der Waals surface area (Å²) in [4.78, 5) is 0. The van der Waals surface area contributed by atoms with Crippen LogP contribution in [0.4, 0.5) is 0 Å². The van der Waals surface area contributed by atoms with E-state index in [1.807, 2.05) is 0 Å². The monoisotopic (exact) mass is 227 g/mol. The predicted molar refractivity (Wildman–Crippen MR) is 60.1 cm³/mol. The van der Waals surface area contributed by atoms with Gasteiger partial charge in [-0.05, 0) is 19.2 Å². The summed E-state index contributed by atoms with van der Waals surface area (Å²) >= 11 is 0. The van der Waals surface area contributed by atoms with Gasteiger partial charge in [-0.2, -0.15) is 0 Å². The predicted octanol–water partition coefficient (Wildman–Crippen LogP) is 0.662. The van der Waals surface area contributed by atoms with Crippen molar-refractivity contribution >= 4 is 0 Å². The second-order valence-corrected chi connectivity index (χ2v) is 3.31. The number of hydrogen-bond donors (Lipinski definition) is 3. The summed E-state index contributed by atoms with van der Waals surface area (Å²) in [6, 6.07) is 3.05. The van der Waals surface area contributed by atoms with E-state index in [0.717, 1.165) is 0 Å². The largest absolute Gasteiger partial charge is 0.507 e. The molecule has 0 aliphatic carbocycles. The minimum Gasteiger partial charge on any atom is -0.507 e. The van der Waals surface area contributed by atoms with E-state index in [1.54, 1.807) is 13.1 Å². The van der Waals surface area contributed by atoms with Crippen LogP contribution in [0, 0.1) is 0 Å². The van der Waals surface area contributed by atoms with Crippen LogP contribution in [0.5, 0.6) is 17.2 Å². The van der Waals surface area contributed by atoms with Gasteiger partial charge in [0, 0.05) is 6.54 Å². The SMILES string of the molecule is CNCC(O)c1c(O)ccc(OC)c1OC. The highest BCUT2D eigenvalue weighted by molar-refractivity contribution is 5.54. The minimum atomic E-state index is -0.852. The first-order valence-electron chi connectivity index (χ1n) is 4.92. The molecule has 0 spiro atoms. The van der Waals surface area contributed by atoms with Gasteiger partial charge in [-0.1, -0.05) is 0 Å². The van der Waals surface area contributed by atoms with Crippen LogP contribution in [0.1, 0.15) is 11.7 Å². The molecule has 1 unspecified atom stereocenters. The number of likely N-dealkylation sites (N-methyl/N-ethyl adjacent to an activating group) is 1. The Kier molecular flexibility index (Phi) is 4.39. The van der Waals surface area contributed by atoms with Crippen molar-refractivity contribution in [3.8, 4) is 17.2 Å². The zero-order valence-corrected chi connectivity index (χ0v) is 9.65. The molecule has 1 aromatic carbocycles. The number of hydrogen-bond acceptors (Lipinski definition) is 5. The van der Waals surface area contributed by atoms with E-state index in [0.29, 0.717) is 23.6 Å². The van der Waals surface area contributed by atoms with Crippen LogP contribution in [0.3, 0.4) is 0 Å². The number of aliphatic hydroxyl groups is 1. The molecule has 5 nitrogen and oxygen atoms in total. The summed E-state index contributed by atoms with van der Waals surface area (Å²) in [7, 11) is 4.68. The van der Waals surface area contributed by atoms with Gasteiger partial charge in [-0.3, -0.25) is 0 Å². The van der Waals surface area contributed by atoms with E-state index in [-0.39, 0.29) is 5.75 Å². The zero-order chi connectivity index (χ0) is 12.1. The van der Waals surface area contributed by atoms with Crippen molar-refractivity contribution in [3.63, 3.8) is 0 Å². The smallest absolute Gasteiger partial charge is 0.170 e. The Balaban J connectivity index is 3.22. The van der Waals surface area contributed by atoms with Gasteiger partial charge < -0.3 is 25.0 Å². The molecular formula is C11H17NO4. The van der Waals surface area contributed by atoms with Crippen molar-refractivity contribution in [1.29, 1.82) is 0 Å². The summed E-state index contributed by atoms with van der Waals surface area (Å²) in [5.41, 5.74) is 0.330. The van der Waals surface area contributed by atoms with E-state index in [1.165, 1.54) is 20.3 Å². The Morgan fingerprint density at radius 1 is 1.31 bits per heavy atom. The first-order chi connectivity index (χ1) is 7.65. The molecule has 0 aliphatic rings. The van der Waals surface area contributed by atoms with Crippen molar-refractivity contribution in [2.24, 2.45) is 0 Å². The zero-order valence-electron chi connectivity index (χ0n) is 9.65. The average molecular weight is 227 g/mol. The number of aliphatic hydroxyl groups excluding tert-OH is 1. The molecule has 0 heterocycles. The first kappa shape index (κ1) is 12.6. The van der Waals surface area contributed by atoms with E-state index in [4.69, 9.17) is 9.47 Å². The fraction of sp³-hybridized carbons (Fsp3) is 0.455. The summed E-state index contributed by atoms with van der Waals surface area (Å²) in [6.45, 7) is 0.317. The summed E-state index contributed by atoms with van der Waals surface area (Å²) in [6.07, 6.45) is -0.852. The van der Waals surface area contributed by atoms with Crippen LogP contribution in [-0.4, -0.2) is 38.0 Å². The Labute approximate surface area is 94.6 Å². The highest BCUT2D eigenvalue weighted by atomic mass is 16.5. The molecule has 0 saturated heterocycles. The molecule has 0 fully saturated rings.